The van der Waals surface area contributed by atoms with Gasteiger partial charge in [0.2, 0.25) is 0 Å². The van der Waals surface area contributed by atoms with E-state index in [0.717, 1.165) is 6.07 Å². The first-order valence-corrected chi connectivity index (χ1v) is 7.44. The molecule has 0 aromatic heterocycles. The molecule has 1 aromatic carbocycles. The predicted octanol–water partition coefficient (Wildman–Crippen LogP) is 4.36. The standard InChI is InChI=1S/C16H21ClFNO3/c1-10(19-15(21)22-16(2,3)4)5-8-14(20)11-6-7-13(18)12(17)9-11/h6-7,9-10H,5,8H2,1-4H3,(H,19,21)/t10-/m0/s1. The number of halogens is 2. The quantitative estimate of drug-likeness (QED) is 0.817. The number of hydrogen-bond donors (Lipinski definition) is 1. The van der Waals surface area contributed by atoms with Gasteiger partial charge in [0.25, 0.3) is 0 Å². The second-order valence-electron chi connectivity index (χ2n) is 6.14. The van der Waals surface area contributed by atoms with Crippen molar-refractivity contribution in [3.05, 3.63) is 34.6 Å². The summed E-state index contributed by atoms with van der Waals surface area (Å²) < 4.78 is 18.2. The maximum absolute atomic E-state index is 13.1. The van der Waals surface area contributed by atoms with Crippen molar-refractivity contribution in [2.75, 3.05) is 0 Å². The highest BCUT2D eigenvalue weighted by molar-refractivity contribution is 6.31. The molecule has 22 heavy (non-hydrogen) atoms. The highest BCUT2D eigenvalue weighted by Gasteiger charge is 2.18. The molecule has 0 aliphatic rings. The number of Topliss-reactive ketones (excluding diaryl/α,β-unsaturated/α-hetero) is 1. The van der Waals surface area contributed by atoms with Gasteiger partial charge in [0.05, 0.1) is 5.02 Å². The van der Waals surface area contributed by atoms with E-state index >= 15 is 0 Å². The van der Waals surface area contributed by atoms with Crippen molar-refractivity contribution in [3.63, 3.8) is 0 Å². The van der Waals surface area contributed by atoms with Crippen LogP contribution < -0.4 is 5.32 Å². The lowest BCUT2D eigenvalue weighted by molar-refractivity contribution is 0.0504. The molecule has 0 radical (unpaired) electrons. The van der Waals surface area contributed by atoms with Gasteiger partial charge in [-0.05, 0) is 52.3 Å². The van der Waals surface area contributed by atoms with E-state index in [4.69, 9.17) is 16.3 Å². The fourth-order valence-corrected chi connectivity index (χ4v) is 1.92. The van der Waals surface area contributed by atoms with Crippen LogP contribution in [0.5, 0.6) is 0 Å². The molecule has 0 fully saturated rings. The van der Waals surface area contributed by atoms with Crippen LogP contribution >= 0.6 is 11.6 Å². The number of alkyl carbamates (subject to hydrolysis) is 1. The van der Waals surface area contributed by atoms with Gasteiger partial charge in [-0.1, -0.05) is 11.6 Å². The zero-order chi connectivity index (χ0) is 16.9. The zero-order valence-electron chi connectivity index (χ0n) is 13.2. The van der Waals surface area contributed by atoms with Gasteiger partial charge in [-0.2, -0.15) is 0 Å². The SMILES string of the molecule is C[C@@H](CCC(=O)c1ccc(F)c(Cl)c1)NC(=O)OC(C)(C)C. The van der Waals surface area contributed by atoms with Crippen LogP contribution in [0.1, 0.15) is 50.9 Å². The summed E-state index contributed by atoms with van der Waals surface area (Å²) in [6.07, 6.45) is 0.156. The first kappa shape index (κ1) is 18.4. The molecule has 0 spiro atoms. The third-order valence-electron chi connectivity index (χ3n) is 2.81. The van der Waals surface area contributed by atoms with Crippen LogP contribution in [-0.2, 0) is 4.74 Å². The van der Waals surface area contributed by atoms with E-state index in [9.17, 15) is 14.0 Å². The number of amides is 1. The Morgan fingerprint density at radius 3 is 2.55 bits per heavy atom. The highest BCUT2D eigenvalue weighted by Crippen LogP contribution is 2.18. The van der Waals surface area contributed by atoms with Gasteiger partial charge >= 0.3 is 6.09 Å². The van der Waals surface area contributed by atoms with Gasteiger partial charge in [-0.15, -0.1) is 0 Å². The third-order valence-corrected chi connectivity index (χ3v) is 3.10. The molecular formula is C16H21ClFNO3. The van der Waals surface area contributed by atoms with Crippen molar-refractivity contribution >= 4 is 23.5 Å². The first-order chi connectivity index (χ1) is 10.1. The van der Waals surface area contributed by atoms with Crippen molar-refractivity contribution in [3.8, 4) is 0 Å². The summed E-state index contributed by atoms with van der Waals surface area (Å²) in [5.74, 6) is -0.710. The Balaban J connectivity index is 2.46. The predicted molar refractivity (Wildman–Crippen MR) is 83.8 cm³/mol. The van der Waals surface area contributed by atoms with E-state index in [1.807, 2.05) is 0 Å². The third kappa shape index (κ3) is 6.43. The normalized spacial score (nSPS) is 12.6. The maximum Gasteiger partial charge on any atom is 0.407 e. The Labute approximate surface area is 135 Å². The number of hydrogen-bond acceptors (Lipinski definition) is 3. The minimum atomic E-state index is -0.565. The molecule has 0 aliphatic heterocycles. The number of rotatable bonds is 5. The van der Waals surface area contributed by atoms with E-state index in [2.05, 4.69) is 5.32 Å². The summed E-state index contributed by atoms with van der Waals surface area (Å²) >= 11 is 5.65. The molecule has 6 heteroatoms. The molecular weight excluding hydrogens is 309 g/mol. The van der Waals surface area contributed by atoms with E-state index in [-0.39, 0.29) is 23.3 Å². The van der Waals surface area contributed by atoms with Crippen molar-refractivity contribution in [2.24, 2.45) is 0 Å². The lowest BCUT2D eigenvalue weighted by atomic mass is 10.0. The van der Waals surface area contributed by atoms with Crippen LogP contribution in [-0.4, -0.2) is 23.5 Å². The largest absolute Gasteiger partial charge is 0.444 e. The van der Waals surface area contributed by atoms with Gasteiger partial charge in [0, 0.05) is 18.0 Å². The Kier molecular flexibility index (Phi) is 6.35. The van der Waals surface area contributed by atoms with Gasteiger partial charge in [0.15, 0.2) is 5.78 Å². The number of ketones is 1. The monoisotopic (exact) mass is 329 g/mol. The minimum absolute atomic E-state index is 0.0780. The average molecular weight is 330 g/mol. The molecule has 0 saturated heterocycles. The van der Waals surface area contributed by atoms with Crippen molar-refractivity contribution in [1.29, 1.82) is 0 Å². The Hall–Kier alpha value is -1.62. The van der Waals surface area contributed by atoms with Crippen molar-refractivity contribution in [1.82, 2.24) is 5.32 Å². The molecule has 1 N–H and O–H groups in total. The van der Waals surface area contributed by atoms with Gasteiger partial charge in [-0.25, -0.2) is 9.18 Å². The number of nitrogens with one attached hydrogen (secondary N) is 1. The number of ether oxygens (including phenoxy) is 1. The summed E-state index contributed by atoms with van der Waals surface area (Å²) in [4.78, 5) is 23.6. The van der Waals surface area contributed by atoms with Gasteiger partial charge in [0.1, 0.15) is 11.4 Å². The Bertz CT molecular complexity index is 555. The molecule has 1 amide bonds. The molecule has 0 saturated carbocycles. The summed E-state index contributed by atoms with van der Waals surface area (Å²) in [6.45, 7) is 7.12. The summed E-state index contributed by atoms with van der Waals surface area (Å²) in [5.41, 5.74) is -0.208. The van der Waals surface area contributed by atoms with Crippen LogP contribution in [0.25, 0.3) is 0 Å². The number of benzene rings is 1. The van der Waals surface area contributed by atoms with Crippen LogP contribution in [0.3, 0.4) is 0 Å². The van der Waals surface area contributed by atoms with Gasteiger partial charge < -0.3 is 10.1 Å². The number of carbonyl (C=O) groups is 2. The van der Waals surface area contributed by atoms with Crippen molar-refractivity contribution < 1.29 is 18.7 Å². The molecule has 0 unspecified atom stereocenters. The van der Waals surface area contributed by atoms with Crippen LogP contribution in [0.2, 0.25) is 5.02 Å². The maximum atomic E-state index is 13.1. The summed E-state index contributed by atoms with van der Waals surface area (Å²) in [6, 6.07) is 3.66. The Morgan fingerprint density at radius 2 is 2.00 bits per heavy atom. The molecule has 0 heterocycles. The van der Waals surface area contributed by atoms with Crippen LogP contribution in [0, 0.1) is 5.82 Å². The van der Waals surface area contributed by atoms with Crippen molar-refractivity contribution in [2.45, 2.75) is 52.2 Å². The van der Waals surface area contributed by atoms with E-state index < -0.39 is 17.5 Å². The van der Waals surface area contributed by atoms with Crippen LogP contribution in [0.15, 0.2) is 18.2 Å². The lowest BCUT2D eigenvalue weighted by Crippen LogP contribution is -2.37. The molecule has 0 bridgehead atoms. The molecule has 122 valence electrons. The van der Waals surface area contributed by atoms with E-state index in [0.29, 0.717) is 12.0 Å². The lowest BCUT2D eigenvalue weighted by Gasteiger charge is -2.21. The van der Waals surface area contributed by atoms with E-state index in [1.54, 1.807) is 27.7 Å². The smallest absolute Gasteiger partial charge is 0.407 e. The molecule has 1 rings (SSSR count). The van der Waals surface area contributed by atoms with Gasteiger partial charge in [-0.3, -0.25) is 4.79 Å². The highest BCUT2D eigenvalue weighted by atomic mass is 35.5. The molecule has 0 aliphatic carbocycles. The first-order valence-electron chi connectivity index (χ1n) is 7.06. The average Bonchev–Trinajstić information content (AvgIpc) is 2.36. The summed E-state index contributed by atoms with van der Waals surface area (Å²) in [5, 5.41) is 2.59. The Morgan fingerprint density at radius 1 is 1.36 bits per heavy atom. The molecule has 4 nitrogen and oxygen atoms in total. The minimum Gasteiger partial charge on any atom is -0.444 e. The van der Waals surface area contributed by atoms with Crippen LogP contribution in [0.4, 0.5) is 9.18 Å². The molecule has 1 atom stereocenters. The zero-order valence-corrected chi connectivity index (χ0v) is 14.0. The fourth-order valence-electron chi connectivity index (χ4n) is 1.74. The fraction of sp³-hybridized carbons (Fsp3) is 0.500. The summed E-state index contributed by atoms with van der Waals surface area (Å²) in [7, 11) is 0. The molecule has 1 aromatic rings. The second kappa shape index (κ2) is 7.58. The number of carbonyl (C=O) groups excluding carboxylic acids is 2. The topological polar surface area (TPSA) is 55.4 Å². The van der Waals surface area contributed by atoms with E-state index in [1.165, 1.54) is 12.1 Å². The second-order valence-corrected chi connectivity index (χ2v) is 6.55.